The maximum atomic E-state index is 13.0. The number of guanidine groups is 1. The van der Waals surface area contributed by atoms with Crippen molar-refractivity contribution in [2.45, 2.75) is 39.7 Å². The van der Waals surface area contributed by atoms with Gasteiger partial charge in [-0.15, -0.1) is 0 Å². The Morgan fingerprint density at radius 3 is 2.34 bits per heavy atom. The first-order valence-corrected chi connectivity index (χ1v) is 10.7. The van der Waals surface area contributed by atoms with Crippen LogP contribution in [0, 0.1) is 0 Å². The molecule has 0 saturated carbocycles. The van der Waals surface area contributed by atoms with E-state index in [1.807, 2.05) is 67.6 Å². The van der Waals surface area contributed by atoms with Crippen molar-refractivity contribution < 1.29 is 9.53 Å². The standard InChI is InChI=1S/C26H30N4O2/c1-5-32-23-9-7-6-8-22(23)29-25(28-18-19-14-16-27-17-15-19)30-24(31)20-10-12-21(13-11-20)26(2,3)4/h6-17H,5,18H2,1-4H3,(H2,28,29,30,31). The molecule has 0 saturated heterocycles. The van der Waals surface area contributed by atoms with Crippen LogP contribution in [0.2, 0.25) is 0 Å². The van der Waals surface area contributed by atoms with E-state index >= 15 is 0 Å². The quantitative estimate of drug-likeness (QED) is 0.418. The zero-order valence-corrected chi connectivity index (χ0v) is 19.1. The van der Waals surface area contributed by atoms with Crippen molar-refractivity contribution in [1.82, 2.24) is 10.3 Å². The first kappa shape index (κ1) is 23.0. The van der Waals surface area contributed by atoms with Crippen LogP contribution in [0.1, 0.15) is 49.2 Å². The molecule has 0 aliphatic rings. The zero-order valence-electron chi connectivity index (χ0n) is 19.1. The molecule has 1 heterocycles. The van der Waals surface area contributed by atoms with Crippen molar-refractivity contribution in [1.29, 1.82) is 0 Å². The van der Waals surface area contributed by atoms with Gasteiger partial charge in [0.25, 0.3) is 5.91 Å². The molecule has 1 aromatic heterocycles. The second-order valence-electron chi connectivity index (χ2n) is 8.36. The number of benzene rings is 2. The number of amides is 1. The number of carbonyl (C=O) groups is 1. The van der Waals surface area contributed by atoms with Gasteiger partial charge in [0.2, 0.25) is 5.96 Å². The number of hydrogen-bond donors (Lipinski definition) is 2. The number of nitrogens with one attached hydrogen (secondary N) is 2. The maximum absolute atomic E-state index is 13.0. The summed E-state index contributed by atoms with van der Waals surface area (Å²) < 4.78 is 5.70. The second kappa shape index (κ2) is 10.6. The smallest absolute Gasteiger partial charge is 0.257 e. The first-order chi connectivity index (χ1) is 15.4. The van der Waals surface area contributed by atoms with Gasteiger partial charge >= 0.3 is 0 Å². The minimum absolute atomic E-state index is 0.0245. The fourth-order valence-corrected chi connectivity index (χ4v) is 3.05. The summed E-state index contributed by atoms with van der Waals surface area (Å²) in [4.78, 5) is 21.6. The Morgan fingerprint density at radius 2 is 1.69 bits per heavy atom. The van der Waals surface area contributed by atoms with Crippen molar-refractivity contribution in [3.8, 4) is 5.75 Å². The van der Waals surface area contributed by atoms with E-state index in [-0.39, 0.29) is 11.3 Å². The van der Waals surface area contributed by atoms with Crippen LogP contribution in [0.4, 0.5) is 5.69 Å². The Bertz CT molecular complexity index is 1060. The van der Waals surface area contributed by atoms with Crippen molar-refractivity contribution in [3.05, 3.63) is 89.7 Å². The average Bonchev–Trinajstić information content (AvgIpc) is 2.79. The number of anilines is 1. The van der Waals surface area contributed by atoms with Crippen LogP contribution in [0.15, 0.2) is 78.0 Å². The minimum Gasteiger partial charge on any atom is -0.492 e. The molecule has 2 aromatic carbocycles. The van der Waals surface area contributed by atoms with Gasteiger partial charge in [-0.05, 0) is 59.9 Å². The second-order valence-corrected chi connectivity index (χ2v) is 8.36. The SMILES string of the molecule is CCOc1ccccc1NC(=NCc1ccncc1)NC(=O)c1ccc(C(C)(C)C)cc1. The molecular formula is C26H30N4O2. The summed E-state index contributed by atoms with van der Waals surface area (Å²) in [7, 11) is 0. The van der Waals surface area contributed by atoms with Crippen LogP contribution in [0.25, 0.3) is 0 Å². The van der Waals surface area contributed by atoms with E-state index in [0.29, 0.717) is 30.4 Å². The van der Waals surface area contributed by atoms with E-state index < -0.39 is 0 Å². The van der Waals surface area contributed by atoms with Crippen LogP contribution >= 0.6 is 0 Å². The Balaban J connectivity index is 1.83. The monoisotopic (exact) mass is 430 g/mol. The van der Waals surface area contributed by atoms with E-state index in [1.54, 1.807) is 12.4 Å². The maximum Gasteiger partial charge on any atom is 0.257 e. The Morgan fingerprint density at radius 1 is 1.00 bits per heavy atom. The van der Waals surface area contributed by atoms with Gasteiger partial charge in [0, 0.05) is 18.0 Å². The fourth-order valence-electron chi connectivity index (χ4n) is 3.05. The number of para-hydroxylation sites is 2. The van der Waals surface area contributed by atoms with E-state index in [9.17, 15) is 4.79 Å². The molecule has 3 aromatic rings. The van der Waals surface area contributed by atoms with Crippen molar-refractivity contribution in [2.75, 3.05) is 11.9 Å². The molecule has 2 N–H and O–H groups in total. The third kappa shape index (κ3) is 6.41. The van der Waals surface area contributed by atoms with E-state index in [1.165, 1.54) is 5.56 Å². The number of aromatic nitrogens is 1. The lowest BCUT2D eigenvalue weighted by atomic mass is 9.87. The van der Waals surface area contributed by atoms with Gasteiger partial charge in [-0.1, -0.05) is 45.0 Å². The minimum atomic E-state index is -0.236. The van der Waals surface area contributed by atoms with Crippen molar-refractivity contribution in [2.24, 2.45) is 4.99 Å². The van der Waals surface area contributed by atoms with Gasteiger partial charge in [-0.3, -0.25) is 15.1 Å². The molecule has 0 radical (unpaired) electrons. The molecule has 0 aliphatic carbocycles. The van der Waals surface area contributed by atoms with E-state index in [0.717, 1.165) is 11.3 Å². The lowest BCUT2D eigenvalue weighted by molar-refractivity contribution is 0.0977. The lowest BCUT2D eigenvalue weighted by Gasteiger charge is -2.19. The predicted molar refractivity (Wildman–Crippen MR) is 129 cm³/mol. The van der Waals surface area contributed by atoms with Crippen LogP contribution in [-0.2, 0) is 12.0 Å². The summed E-state index contributed by atoms with van der Waals surface area (Å²) in [6.45, 7) is 9.29. The molecule has 32 heavy (non-hydrogen) atoms. The van der Waals surface area contributed by atoms with Crippen LogP contribution in [0.5, 0.6) is 5.75 Å². The summed E-state index contributed by atoms with van der Waals surface area (Å²) in [5.74, 6) is 0.801. The third-order valence-corrected chi connectivity index (χ3v) is 4.85. The molecule has 0 atom stereocenters. The van der Waals surface area contributed by atoms with Gasteiger partial charge in [-0.2, -0.15) is 0 Å². The number of nitrogens with zero attached hydrogens (tertiary/aromatic N) is 2. The Kier molecular flexibility index (Phi) is 7.60. The van der Waals surface area contributed by atoms with E-state index in [2.05, 4.69) is 41.4 Å². The van der Waals surface area contributed by atoms with Gasteiger partial charge in [0.15, 0.2) is 0 Å². The Labute approximate surface area is 189 Å². The van der Waals surface area contributed by atoms with Crippen LogP contribution in [0.3, 0.4) is 0 Å². The molecule has 0 bridgehead atoms. The molecule has 0 aliphatic heterocycles. The fraction of sp³-hybridized carbons (Fsp3) is 0.269. The number of pyridine rings is 1. The summed E-state index contributed by atoms with van der Waals surface area (Å²) in [6, 6.07) is 19.0. The highest BCUT2D eigenvalue weighted by molar-refractivity contribution is 6.10. The number of ether oxygens (including phenoxy) is 1. The predicted octanol–water partition coefficient (Wildman–Crippen LogP) is 5.18. The highest BCUT2D eigenvalue weighted by atomic mass is 16.5. The normalized spacial score (nSPS) is 11.7. The third-order valence-electron chi connectivity index (χ3n) is 4.85. The van der Waals surface area contributed by atoms with Gasteiger partial charge in [-0.25, -0.2) is 4.99 Å². The highest BCUT2D eigenvalue weighted by Gasteiger charge is 2.15. The topological polar surface area (TPSA) is 75.6 Å². The largest absolute Gasteiger partial charge is 0.492 e. The van der Waals surface area contributed by atoms with E-state index in [4.69, 9.17) is 4.74 Å². The Hall–Kier alpha value is -3.67. The molecule has 6 heteroatoms. The molecule has 0 fully saturated rings. The lowest BCUT2D eigenvalue weighted by Crippen LogP contribution is -2.36. The molecular weight excluding hydrogens is 400 g/mol. The molecule has 0 spiro atoms. The molecule has 166 valence electrons. The molecule has 0 unspecified atom stereocenters. The molecule has 3 rings (SSSR count). The first-order valence-electron chi connectivity index (χ1n) is 10.7. The number of hydrogen-bond acceptors (Lipinski definition) is 4. The van der Waals surface area contributed by atoms with Crippen LogP contribution in [-0.4, -0.2) is 23.5 Å². The summed E-state index contributed by atoms with van der Waals surface area (Å²) in [5.41, 5.74) is 3.47. The van der Waals surface area contributed by atoms with Gasteiger partial charge in [0.1, 0.15) is 5.75 Å². The molecule has 1 amide bonds. The number of aliphatic imine (C=N–C) groups is 1. The number of carbonyl (C=O) groups excluding carboxylic acids is 1. The summed E-state index contributed by atoms with van der Waals surface area (Å²) in [5, 5.41) is 6.12. The zero-order chi connectivity index (χ0) is 23.0. The number of rotatable bonds is 6. The van der Waals surface area contributed by atoms with Crippen LogP contribution < -0.4 is 15.4 Å². The highest BCUT2D eigenvalue weighted by Crippen LogP contribution is 2.24. The summed E-state index contributed by atoms with van der Waals surface area (Å²) in [6.07, 6.45) is 3.44. The summed E-state index contributed by atoms with van der Waals surface area (Å²) >= 11 is 0. The van der Waals surface area contributed by atoms with Crippen molar-refractivity contribution >= 4 is 17.6 Å². The average molecular weight is 431 g/mol. The van der Waals surface area contributed by atoms with Gasteiger partial charge < -0.3 is 10.1 Å². The molecule has 6 nitrogen and oxygen atoms in total. The van der Waals surface area contributed by atoms with Gasteiger partial charge in [0.05, 0.1) is 18.8 Å². The van der Waals surface area contributed by atoms with Crippen molar-refractivity contribution in [3.63, 3.8) is 0 Å².